The van der Waals surface area contributed by atoms with Crippen LogP contribution in [0.3, 0.4) is 0 Å². The number of fused-ring (bicyclic) bond motifs is 1. The zero-order valence-electron chi connectivity index (χ0n) is 8.23. The topological polar surface area (TPSA) is 15.8 Å². The van der Waals surface area contributed by atoms with Crippen molar-refractivity contribution >= 4 is 0 Å². The van der Waals surface area contributed by atoms with Crippen molar-refractivity contribution in [2.24, 2.45) is 0 Å². The first-order valence-corrected chi connectivity index (χ1v) is 5.33. The van der Waals surface area contributed by atoms with Crippen LogP contribution in [0.2, 0.25) is 0 Å². The molecule has 74 valence electrons. The van der Waals surface area contributed by atoms with Crippen molar-refractivity contribution in [3.63, 3.8) is 0 Å². The summed E-state index contributed by atoms with van der Waals surface area (Å²) in [6.45, 7) is 3.39. The third-order valence-corrected chi connectivity index (χ3v) is 3.10. The van der Waals surface area contributed by atoms with E-state index in [1.54, 1.807) is 0 Å². The standard InChI is InChI=1S/C12H15NO/c1-2-4-10(5-3-1)8-13-7-6-11-12(9-13)14-11/h1-5,11-12H,6-9H2/t11-,12-/m1/s1. The van der Waals surface area contributed by atoms with Crippen molar-refractivity contribution in [1.82, 2.24) is 4.90 Å². The summed E-state index contributed by atoms with van der Waals surface area (Å²) in [5, 5.41) is 0. The largest absolute Gasteiger partial charge is 0.368 e. The molecule has 2 nitrogen and oxygen atoms in total. The molecule has 2 aliphatic rings. The lowest BCUT2D eigenvalue weighted by Gasteiger charge is -2.23. The van der Waals surface area contributed by atoms with E-state index in [4.69, 9.17) is 4.74 Å². The maximum absolute atomic E-state index is 5.50. The van der Waals surface area contributed by atoms with Crippen molar-refractivity contribution in [3.05, 3.63) is 35.9 Å². The van der Waals surface area contributed by atoms with E-state index in [2.05, 4.69) is 35.2 Å². The summed E-state index contributed by atoms with van der Waals surface area (Å²) < 4.78 is 5.50. The average Bonchev–Trinajstić information content (AvgIpc) is 2.97. The van der Waals surface area contributed by atoms with Crippen molar-refractivity contribution < 1.29 is 4.74 Å². The zero-order chi connectivity index (χ0) is 9.38. The molecule has 2 heteroatoms. The maximum Gasteiger partial charge on any atom is 0.0969 e. The Morgan fingerprint density at radius 2 is 2.07 bits per heavy atom. The van der Waals surface area contributed by atoms with Gasteiger partial charge in [0, 0.05) is 19.6 Å². The Labute approximate surface area is 84.5 Å². The Balaban J connectivity index is 1.61. The first-order chi connectivity index (χ1) is 6.92. The quantitative estimate of drug-likeness (QED) is 0.658. The number of epoxide rings is 1. The summed E-state index contributed by atoms with van der Waals surface area (Å²) in [5.41, 5.74) is 1.41. The van der Waals surface area contributed by atoms with Crippen molar-refractivity contribution in [1.29, 1.82) is 0 Å². The van der Waals surface area contributed by atoms with Gasteiger partial charge in [-0.25, -0.2) is 0 Å². The predicted octanol–water partition coefficient (Wildman–Crippen LogP) is 1.66. The highest BCUT2D eigenvalue weighted by molar-refractivity contribution is 5.14. The second-order valence-corrected chi connectivity index (χ2v) is 4.22. The Morgan fingerprint density at radius 1 is 1.21 bits per heavy atom. The predicted molar refractivity (Wildman–Crippen MR) is 55.0 cm³/mol. The number of rotatable bonds is 2. The summed E-state index contributed by atoms with van der Waals surface area (Å²) in [5.74, 6) is 0. The van der Waals surface area contributed by atoms with Gasteiger partial charge in [0.25, 0.3) is 0 Å². The van der Waals surface area contributed by atoms with Gasteiger partial charge in [-0.3, -0.25) is 4.90 Å². The Morgan fingerprint density at radius 3 is 2.86 bits per heavy atom. The molecule has 0 amide bonds. The van der Waals surface area contributed by atoms with Crippen LogP contribution in [0.4, 0.5) is 0 Å². The molecule has 0 radical (unpaired) electrons. The number of piperidine rings is 1. The average molecular weight is 189 g/mol. The smallest absolute Gasteiger partial charge is 0.0969 e. The third-order valence-electron chi connectivity index (χ3n) is 3.10. The molecule has 2 heterocycles. The molecule has 14 heavy (non-hydrogen) atoms. The fourth-order valence-corrected chi connectivity index (χ4v) is 2.23. The van der Waals surface area contributed by atoms with Crippen molar-refractivity contribution in [3.8, 4) is 0 Å². The van der Waals surface area contributed by atoms with Crippen LogP contribution in [-0.4, -0.2) is 30.2 Å². The first kappa shape index (κ1) is 8.45. The maximum atomic E-state index is 5.50. The van der Waals surface area contributed by atoms with E-state index >= 15 is 0 Å². The van der Waals surface area contributed by atoms with Gasteiger partial charge in [-0.1, -0.05) is 30.3 Å². The van der Waals surface area contributed by atoms with Crippen LogP contribution in [-0.2, 0) is 11.3 Å². The van der Waals surface area contributed by atoms with Gasteiger partial charge in [-0.05, 0) is 12.0 Å². The molecule has 0 aromatic heterocycles. The van der Waals surface area contributed by atoms with Crippen LogP contribution in [0.25, 0.3) is 0 Å². The molecule has 0 spiro atoms. The molecular formula is C12H15NO. The molecule has 2 aliphatic heterocycles. The van der Waals surface area contributed by atoms with Gasteiger partial charge < -0.3 is 4.74 Å². The molecule has 0 bridgehead atoms. The molecule has 0 unspecified atom stereocenters. The Kier molecular flexibility index (Phi) is 2.03. The second kappa shape index (κ2) is 3.37. The Hall–Kier alpha value is -0.860. The molecule has 2 atom stereocenters. The number of hydrogen-bond acceptors (Lipinski definition) is 2. The minimum Gasteiger partial charge on any atom is -0.368 e. The van der Waals surface area contributed by atoms with Gasteiger partial charge in [-0.2, -0.15) is 0 Å². The number of likely N-dealkylation sites (tertiary alicyclic amines) is 1. The van der Waals surface area contributed by atoms with E-state index in [1.165, 1.54) is 18.5 Å². The molecule has 2 saturated heterocycles. The monoisotopic (exact) mass is 189 g/mol. The van der Waals surface area contributed by atoms with Crippen molar-refractivity contribution in [2.75, 3.05) is 13.1 Å². The van der Waals surface area contributed by atoms with Crippen LogP contribution in [0, 0.1) is 0 Å². The van der Waals surface area contributed by atoms with Crippen molar-refractivity contribution in [2.45, 2.75) is 25.2 Å². The SMILES string of the molecule is c1ccc(CN2CC[C@H]3O[C@@H]3C2)cc1. The van der Waals surface area contributed by atoms with Crippen LogP contribution in [0.5, 0.6) is 0 Å². The molecule has 0 aliphatic carbocycles. The highest BCUT2D eigenvalue weighted by atomic mass is 16.6. The number of benzene rings is 1. The normalized spacial score (nSPS) is 31.1. The number of hydrogen-bond donors (Lipinski definition) is 0. The van der Waals surface area contributed by atoms with Crippen LogP contribution in [0.15, 0.2) is 30.3 Å². The first-order valence-electron chi connectivity index (χ1n) is 5.33. The Bertz CT molecular complexity index is 311. The summed E-state index contributed by atoms with van der Waals surface area (Å²) in [6, 6.07) is 10.7. The summed E-state index contributed by atoms with van der Waals surface area (Å²) in [7, 11) is 0. The van der Waals surface area contributed by atoms with E-state index < -0.39 is 0 Å². The lowest BCUT2D eigenvalue weighted by molar-refractivity contribution is 0.237. The van der Waals surface area contributed by atoms with Gasteiger partial charge in [0.1, 0.15) is 0 Å². The third kappa shape index (κ3) is 1.68. The van der Waals surface area contributed by atoms with E-state index in [0.29, 0.717) is 12.2 Å². The van der Waals surface area contributed by atoms with E-state index in [1.807, 2.05) is 0 Å². The molecule has 3 rings (SSSR count). The molecule has 0 saturated carbocycles. The van der Waals surface area contributed by atoms with Gasteiger partial charge in [0.2, 0.25) is 0 Å². The summed E-state index contributed by atoms with van der Waals surface area (Å²) >= 11 is 0. The zero-order valence-corrected chi connectivity index (χ0v) is 8.23. The fraction of sp³-hybridized carbons (Fsp3) is 0.500. The van der Waals surface area contributed by atoms with Crippen LogP contribution in [0.1, 0.15) is 12.0 Å². The molecule has 0 N–H and O–H groups in total. The highest BCUT2D eigenvalue weighted by Gasteiger charge is 2.42. The number of ether oxygens (including phenoxy) is 1. The minimum atomic E-state index is 0.549. The molecular weight excluding hydrogens is 174 g/mol. The number of nitrogens with zero attached hydrogens (tertiary/aromatic N) is 1. The minimum absolute atomic E-state index is 0.549. The van der Waals surface area contributed by atoms with E-state index in [0.717, 1.165) is 13.1 Å². The van der Waals surface area contributed by atoms with Gasteiger partial charge in [-0.15, -0.1) is 0 Å². The second-order valence-electron chi connectivity index (χ2n) is 4.22. The van der Waals surface area contributed by atoms with E-state index in [9.17, 15) is 0 Å². The van der Waals surface area contributed by atoms with Gasteiger partial charge in [0.15, 0.2) is 0 Å². The molecule has 1 aromatic rings. The summed E-state index contributed by atoms with van der Waals surface area (Å²) in [4.78, 5) is 2.49. The van der Waals surface area contributed by atoms with Crippen LogP contribution < -0.4 is 0 Å². The van der Waals surface area contributed by atoms with E-state index in [-0.39, 0.29) is 0 Å². The highest BCUT2D eigenvalue weighted by Crippen LogP contribution is 2.31. The van der Waals surface area contributed by atoms with Crippen LogP contribution >= 0.6 is 0 Å². The van der Waals surface area contributed by atoms with Gasteiger partial charge >= 0.3 is 0 Å². The summed E-state index contributed by atoms with van der Waals surface area (Å²) in [6.07, 6.45) is 2.37. The molecule has 2 fully saturated rings. The fourth-order valence-electron chi connectivity index (χ4n) is 2.23. The van der Waals surface area contributed by atoms with Gasteiger partial charge in [0.05, 0.1) is 12.2 Å². The lowest BCUT2D eigenvalue weighted by Crippen LogP contribution is -2.33. The lowest BCUT2D eigenvalue weighted by atomic mass is 10.1. The molecule has 1 aromatic carbocycles.